The molecule has 4 aromatic rings. The molecule has 2 aromatic heterocycles. The van der Waals surface area contributed by atoms with E-state index in [4.69, 9.17) is 14.5 Å². The molecule has 3 fully saturated rings. The Balaban J connectivity index is 0.985. The molecule has 0 spiro atoms. The number of nitrogens with one attached hydrogen (secondary N) is 3. The van der Waals surface area contributed by atoms with Crippen molar-refractivity contribution in [3.05, 3.63) is 83.7 Å². The van der Waals surface area contributed by atoms with E-state index in [0.29, 0.717) is 12.5 Å². The van der Waals surface area contributed by atoms with Crippen LogP contribution >= 0.6 is 0 Å². The monoisotopic (exact) mass is 731 g/mol. The van der Waals surface area contributed by atoms with E-state index in [1.165, 1.54) is 7.11 Å². The topological polar surface area (TPSA) is 146 Å². The quantitative estimate of drug-likeness (QED) is 0.168. The Morgan fingerprint density at radius 1 is 0.870 bits per heavy atom. The van der Waals surface area contributed by atoms with Crippen molar-refractivity contribution < 1.29 is 23.9 Å². The standard InChI is InChI=1S/C42H49N7O5/c1-25(2)35(47-40(51)53-6)39(50)48-21-7-8-34(48)37-43-23-32(45-37)28-15-11-26(12-16-28)9-10-27-13-17-29(18-14-27)33-24-44-38(46-33)36-30-19-20-31(22-30)49(36)41(52)54-42(3,4)5/h11-18,23-25,30-31,34-36H,7-8,19-22H2,1-6H3,(H,43,45)(H,44,46)(H,47,51)/t30-,31+,34-,35-,36-/m0/s1. The van der Waals surface area contributed by atoms with Crippen LogP contribution in [0.1, 0.15) is 102 Å². The van der Waals surface area contributed by atoms with E-state index < -0.39 is 17.7 Å². The number of methoxy groups -OCH3 is 1. The third kappa shape index (κ3) is 7.72. The molecule has 12 heteroatoms. The first-order valence-electron chi connectivity index (χ1n) is 18.9. The number of carbonyl (C=O) groups is 3. The van der Waals surface area contributed by atoms with E-state index in [1.807, 2.05) is 99.1 Å². The summed E-state index contributed by atoms with van der Waals surface area (Å²) in [6, 6.07) is 15.3. The molecule has 7 rings (SSSR count). The summed E-state index contributed by atoms with van der Waals surface area (Å²) in [5.74, 6) is 8.21. The van der Waals surface area contributed by atoms with E-state index in [1.54, 1.807) is 6.20 Å². The van der Waals surface area contributed by atoms with Crippen molar-refractivity contribution >= 4 is 18.1 Å². The molecule has 3 N–H and O–H groups in total. The summed E-state index contributed by atoms with van der Waals surface area (Å²) < 4.78 is 10.5. The lowest BCUT2D eigenvalue weighted by Gasteiger charge is -2.35. The fraction of sp³-hybridized carbons (Fsp3) is 0.452. The van der Waals surface area contributed by atoms with Crippen LogP contribution in [0.15, 0.2) is 60.9 Å². The Morgan fingerprint density at radius 2 is 1.46 bits per heavy atom. The molecule has 5 atom stereocenters. The molecular formula is C42H49N7O5. The maximum absolute atomic E-state index is 13.5. The number of alkyl carbamates (subject to hydrolysis) is 1. The minimum absolute atomic E-state index is 0.0977. The number of H-pyrrole nitrogens is 2. The number of aromatic amines is 2. The number of likely N-dealkylation sites (tertiary alicyclic amines) is 2. The number of benzene rings is 2. The van der Waals surface area contributed by atoms with Crippen molar-refractivity contribution in [2.24, 2.45) is 11.8 Å². The predicted molar refractivity (Wildman–Crippen MR) is 204 cm³/mol. The number of hydrogen-bond acceptors (Lipinski definition) is 7. The maximum atomic E-state index is 13.5. The van der Waals surface area contributed by atoms with E-state index in [2.05, 4.69) is 32.1 Å². The smallest absolute Gasteiger partial charge is 0.411 e. The van der Waals surface area contributed by atoms with Crippen LogP contribution in [0.3, 0.4) is 0 Å². The van der Waals surface area contributed by atoms with E-state index in [0.717, 1.165) is 77.4 Å². The highest BCUT2D eigenvalue weighted by molar-refractivity contribution is 5.86. The van der Waals surface area contributed by atoms with Crippen molar-refractivity contribution in [1.82, 2.24) is 35.1 Å². The van der Waals surface area contributed by atoms with Gasteiger partial charge in [0.05, 0.1) is 43.0 Å². The number of amides is 3. The summed E-state index contributed by atoms with van der Waals surface area (Å²) in [7, 11) is 1.29. The molecule has 3 aliphatic rings. The number of rotatable bonds is 7. The normalized spacial score (nSPS) is 21.2. The molecule has 0 radical (unpaired) electrons. The van der Waals surface area contributed by atoms with Gasteiger partial charge < -0.3 is 29.7 Å². The van der Waals surface area contributed by atoms with Crippen LogP contribution in [-0.4, -0.2) is 79.2 Å². The lowest BCUT2D eigenvalue weighted by atomic mass is 9.98. The van der Waals surface area contributed by atoms with Gasteiger partial charge in [-0.15, -0.1) is 0 Å². The zero-order valence-corrected chi connectivity index (χ0v) is 31.8. The zero-order chi connectivity index (χ0) is 38.1. The average molecular weight is 732 g/mol. The highest BCUT2D eigenvalue weighted by Gasteiger charge is 2.51. The van der Waals surface area contributed by atoms with Crippen molar-refractivity contribution in [3.63, 3.8) is 0 Å². The van der Waals surface area contributed by atoms with Gasteiger partial charge in [-0.25, -0.2) is 19.6 Å². The minimum atomic E-state index is -0.680. The first-order chi connectivity index (χ1) is 25.9. The van der Waals surface area contributed by atoms with Crippen molar-refractivity contribution in [3.8, 4) is 34.4 Å². The van der Waals surface area contributed by atoms with Gasteiger partial charge in [0.2, 0.25) is 5.91 Å². The third-order valence-electron chi connectivity index (χ3n) is 10.6. The molecule has 2 aromatic carbocycles. The average Bonchev–Trinajstić information content (AvgIpc) is 4.00. The summed E-state index contributed by atoms with van der Waals surface area (Å²) in [5.41, 5.74) is 4.94. The highest BCUT2D eigenvalue weighted by Crippen LogP contribution is 2.50. The second-order valence-corrected chi connectivity index (χ2v) is 15.9. The molecule has 54 heavy (non-hydrogen) atoms. The van der Waals surface area contributed by atoms with Crippen molar-refractivity contribution in [2.75, 3.05) is 13.7 Å². The van der Waals surface area contributed by atoms with Crippen LogP contribution in [0.2, 0.25) is 0 Å². The number of piperidine rings is 1. The molecule has 12 nitrogen and oxygen atoms in total. The Morgan fingerprint density at radius 3 is 2.04 bits per heavy atom. The van der Waals surface area contributed by atoms with Gasteiger partial charge in [-0.05, 0) is 100 Å². The van der Waals surface area contributed by atoms with Gasteiger partial charge in [0.15, 0.2) is 0 Å². The summed E-state index contributed by atoms with van der Waals surface area (Å²) in [4.78, 5) is 58.6. The van der Waals surface area contributed by atoms with E-state index in [-0.39, 0.29) is 36.0 Å². The van der Waals surface area contributed by atoms with Gasteiger partial charge in [-0.3, -0.25) is 9.69 Å². The predicted octanol–water partition coefficient (Wildman–Crippen LogP) is 7.37. The van der Waals surface area contributed by atoms with Crippen molar-refractivity contribution in [2.45, 2.75) is 96.5 Å². The van der Waals surface area contributed by atoms with Crippen LogP contribution in [-0.2, 0) is 14.3 Å². The molecule has 2 saturated heterocycles. The Bertz CT molecular complexity index is 2050. The largest absolute Gasteiger partial charge is 0.453 e. The minimum Gasteiger partial charge on any atom is -0.453 e. The number of hydrogen-bond donors (Lipinski definition) is 3. The molecule has 1 saturated carbocycles. The molecule has 0 unspecified atom stereocenters. The maximum Gasteiger partial charge on any atom is 0.411 e. The van der Waals surface area contributed by atoms with Crippen LogP contribution < -0.4 is 5.32 Å². The molecule has 282 valence electrons. The van der Waals surface area contributed by atoms with Crippen LogP contribution in [0.25, 0.3) is 22.5 Å². The molecule has 2 bridgehead atoms. The summed E-state index contributed by atoms with van der Waals surface area (Å²) in [6.07, 6.45) is 7.48. The fourth-order valence-electron chi connectivity index (χ4n) is 8.01. The SMILES string of the molecule is COC(=O)N[C@H](C(=O)N1CCC[C@H]1c1ncc(-c2ccc(C#Cc3ccc(-c4cnc([C@@H]5[C@H]6CC[C@H](C6)N5C(=O)OC(C)(C)C)[nH]4)cc3)cc2)[nH]1)C(C)C. The van der Waals surface area contributed by atoms with Crippen LogP contribution in [0.5, 0.6) is 0 Å². The van der Waals surface area contributed by atoms with E-state index >= 15 is 0 Å². The first-order valence-corrected chi connectivity index (χ1v) is 18.9. The first kappa shape index (κ1) is 36.8. The lowest BCUT2D eigenvalue weighted by molar-refractivity contribution is -0.135. The Kier molecular flexibility index (Phi) is 10.2. The number of ether oxygens (including phenoxy) is 2. The number of imidazole rings is 2. The molecule has 4 heterocycles. The molecule has 1 aliphatic carbocycles. The molecular weight excluding hydrogens is 683 g/mol. The number of nitrogens with zero attached hydrogens (tertiary/aromatic N) is 4. The Hall–Kier alpha value is -5.57. The van der Waals surface area contributed by atoms with Crippen LogP contribution in [0, 0.1) is 23.7 Å². The fourth-order valence-corrected chi connectivity index (χ4v) is 8.01. The number of aromatic nitrogens is 4. The second kappa shape index (κ2) is 15.0. The van der Waals surface area contributed by atoms with Gasteiger partial charge in [0.25, 0.3) is 0 Å². The van der Waals surface area contributed by atoms with Gasteiger partial charge in [-0.1, -0.05) is 50.0 Å². The van der Waals surface area contributed by atoms with Gasteiger partial charge in [-0.2, -0.15) is 0 Å². The second-order valence-electron chi connectivity index (χ2n) is 15.9. The van der Waals surface area contributed by atoms with Crippen molar-refractivity contribution in [1.29, 1.82) is 0 Å². The van der Waals surface area contributed by atoms with Gasteiger partial charge in [0.1, 0.15) is 23.3 Å². The molecule has 2 aliphatic heterocycles. The van der Waals surface area contributed by atoms with Gasteiger partial charge >= 0.3 is 12.2 Å². The number of carbonyl (C=O) groups excluding carboxylic acids is 3. The third-order valence-corrected chi connectivity index (χ3v) is 10.6. The summed E-state index contributed by atoms with van der Waals surface area (Å²) in [5, 5.41) is 2.69. The lowest BCUT2D eigenvalue weighted by Crippen LogP contribution is -2.51. The Labute approximate surface area is 316 Å². The number of fused-ring (bicyclic) bond motifs is 2. The van der Waals surface area contributed by atoms with E-state index in [9.17, 15) is 14.4 Å². The highest BCUT2D eigenvalue weighted by atomic mass is 16.6. The summed E-state index contributed by atoms with van der Waals surface area (Å²) >= 11 is 0. The van der Waals surface area contributed by atoms with Gasteiger partial charge in [0, 0.05) is 23.7 Å². The zero-order valence-electron chi connectivity index (χ0n) is 31.8. The summed E-state index contributed by atoms with van der Waals surface area (Å²) in [6.45, 7) is 10.1. The molecule has 3 amide bonds. The van der Waals surface area contributed by atoms with Crippen LogP contribution in [0.4, 0.5) is 9.59 Å².